The SMILES string of the molecule is C=C(CC(C)C)C(=O)OCCOCCOC. The van der Waals surface area contributed by atoms with Crippen molar-refractivity contribution in [1.82, 2.24) is 0 Å². The van der Waals surface area contributed by atoms with Gasteiger partial charge in [-0.1, -0.05) is 20.4 Å². The molecule has 0 heterocycles. The van der Waals surface area contributed by atoms with Crippen molar-refractivity contribution in [2.45, 2.75) is 20.3 Å². The number of methoxy groups -OCH3 is 1. The Labute approximate surface area is 97.6 Å². The minimum Gasteiger partial charge on any atom is -0.460 e. The summed E-state index contributed by atoms with van der Waals surface area (Å²) in [4.78, 5) is 11.4. The van der Waals surface area contributed by atoms with E-state index in [0.29, 0.717) is 37.7 Å². The fourth-order valence-corrected chi connectivity index (χ4v) is 1.12. The summed E-state index contributed by atoms with van der Waals surface area (Å²) < 4.78 is 14.9. The van der Waals surface area contributed by atoms with Gasteiger partial charge in [-0.05, 0) is 12.3 Å². The molecule has 0 spiro atoms. The minimum atomic E-state index is -0.330. The van der Waals surface area contributed by atoms with Crippen molar-refractivity contribution in [3.8, 4) is 0 Å². The lowest BCUT2D eigenvalue weighted by Gasteiger charge is -2.09. The minimum absolute atomic E-state index is 0.264. The van der Waals surface area contributed by atoms with Crippen molar-refractivity contribution in [1.29, 1.82) is 0 Å². The van der Waals surface area contributed by atoms with E-state index in [-0.39, 0.29) is 12.6 Å². The zero-order chi connectivity index (χ0) is 12.4. The average molecular weight is 230 g/mol. The van der Waals surface area contributed by atoms with Crippen LogP contribution in [0.1, 0.15) is 20.3 Å². The lowest BCUT2D eigenvalue weighted by Crippen LogP contribution is -2.14. The Morgan fingerprint density at radius 1 is 1.19 bits per heavy atom. The van der Waals surface area contributed by atoms with Gasteiger partial charge in [0.05, 0.1) is 19.8 Å². The van der Waals surface area contributed by atoms with E-state index in [4.69, 9.17) is 14.2 Å². The van der Waals surface area contributed by atoms with Crippen LogP contribution in [0.25, 0.3) is 0 Å². The molecule has 0 amide bonds. The van der Waals surface area contributed by atoms with E-state index in [0.717, 1.165) is 0 Å². The van der Waals surface area contributed by atoms with Crippen LogP contribution in [-0.2, 0) is 19.0 Å². The van der Waals surface area contributed by atoms with E-state index >= 15 is 0 Å². The van der Waals surface area contributed by atoms with E-state index in [1.54, 1.807) is 7.11 Å². The number of carbonyl (C=O) groups is 1. The van der Waals surface area contributed by atoms with Gasteiger partial charge >= 0.3 is 5.97 Å². The third kappa shape index (κ3) is 8.44. The molecular formula is C12H22O4. The summed E-state index contributed by atoms with van der Waals surface area (Å²) in [6.07, 6.45) is 0.670. The maximum atomic E-state index is 11.4. The molecule has 0 radical (unpaired) electrons. The zero-order valence-corrected chi connectivity index (χ0v) is 10.5. The summed E-state index contributed by atoms with van der Waals surface area (Å²) in [6.45, 7) is 9.48. The predicted molar refractivity (Wildman–Crippen MR) is 62.2 cm³/mol. The highest BCUT2D eigenvalue weighted by Crippen LogP contribution is 2.09. The molecule has 0 saturated carbocycles. The Morgan fingerprint density at radius 3 is 2.38 bits per heavy atom. The number of hydrogen-bond acceptors (Lipinski definition) is 4. The Balaban J connectivity index is 3.46. The van der Waals surface area contributed by atoms with Gasteiger partial charge in [-0.3, -0.25) is 0 Å². The van der Waals surface area contributed by atoms with Crippen LogP contribution < -0.4 is 0 Å². The molecule has 0 fully saturated rings. The summed E-state index contributed by atoms with van der Waals surface area (Å²) in [7, 11) is 1.61. The molecule has 16 heavy (non-hydrogen) atoms. The first-order valence-electron chi connectivity index (χ1n) is 5.49. The standard InChI is InChI=1S/C12H22O4/c1-10(2)9-11(3)12(13)16-8-7-15-6-5-14-4/h10H,3,5-9H2,1-2,4H3. The lowest BCUT2D eigenvalue weighted by atomic mass is 10.1. The van der Waals surface area contributed by atoms with Crippen molar-refractivity contribution in [3.63, 3.8) is 0 Å². The molecule has 0 aromatic heterocycles. The maximum Gasteiger partial charge on any atom is 0.333 e. The van der Waals surface area contributed by atoms with Gasteiger partial charge in [-0.2, -0.15) is 0 Å². The van der Waals surface area contributed by atoms with Gasteiger partial charge in [0, 0.05) is 12.7 Å². The van der Waals surface area contributed by atoms with E-state index in [1.807, 2.05) is 13.8 Å². The summed E-state index contributed by atoms with van der Waals surface area (Å²) in [6, 6.07) is 0. The highest BCUT2D eigenvalue weighted by molar-refractivity contribution is 5.87. The molecule has 0 N–H and O–H groups in total. The van der Waals surface area contributed by atoms with Crippen LogP contribution in [0.3, 0.4) is 0 Å². The molecule has 0 atom stereocenters. The maximum absolute atomic E-state index is 11.4. The number of carbonyl (C=O) groups excluding carboxylic acids is 1. The van der Waals surface area contributed by atoms with Crippen LogP contribution >= 0.6 is 0 Å². The highest BCUT2D eigenvalue weighted by Gasteiger charge is 2.09. The van der Waals surface area contributed by atoms with Crippen LogP contribution in [0.4, 0.5) is 0 Å². The monoisotopic (exact) mass is 230 g/mol. The highest BCUT2D eigenvalue weighted by atomic mass is 16.6. The summed E-state index contributed by atoms with van der Waals surface area (Å²) in [5, 5.41) is 0. The van der Waals surface area contributed by atoms with Gasteiger partial charge in [0.25, 0.3) is 0 Å². The third-order valence-corrected chi connectivity index (χ3v) is 1.84. The van der Waals surface area contributed by atoms with E-state index < -0.39 is 0 Å². The summed E-state index contributed by atoms with van der Waals surface area (Å²) in [5.74, 6) is 0.0852. The second-order valence-electron chi connectivity index (χ2n) is 3.94. The Hall–Kier alpha value is -0.870. The fourth-order valence-electron chi connectivity index (χ4n) is 1.12. The molecule has 0 saturated heterocycles. The normalized spacial score (nSPS) is 10.5. The van der Waals surface area contributed by atoms with Crippen LogP contribution in [0.2, 0.25) is 0 Å². The fraction of sp³-hybridized carbons (Fsp3) is 0.750. The largest absolute Gasteiger partial charge is 0.460 e. The van der Waals surface area contributed by atoms with Gasteiger partial charge in [0.15, 0.2) is 0 Å². The number of ether oxygens (including phenoxy) is 3. The molecule has 4 heteroatoms. The second-order valence-corrected chi connectivity index (χ2v) is 3.94. The van der Waals surface area contributed by atoms with Crippen molar-refractivity contribution in [2.75, 3.05) is 33.5 Å². The van der Waals surface area contributed by atoms with E-state index in [9.17, 15) is 4.79 Å². The van der Waals surface area contributed by atoms with Crippen LogP contribution in [0.5, 0.6) is 0 Å². The summed E-state index contributed by atoms with van der Waals surface area (Å²) in [5.41, 5.74) is 0.520. The molecule has 0 rings (SSSR count). The molecule has 0 aromatic carbocycles. The van der Waals surface area contributed by atoms with Crippen molar-refractivity contribution < 1.29 is 19.0 Å². The second kappa shape index (κ2) is 9.36. The topological polar surface area (TPSA) is 44.8 Å². The number of esters is 1. The van der Waals surface area contributed by atoms with Crippen LogP contribution in [-0.4, -0.2) is 39.5 Å². The average Bonchev–Trinajstić information content (AvgIpc) is 2.21. The van der Waals surface area contributed by atoms with Gasteiger partial charge in [0.2, 0.25) is 0 Å². The first-order valence-corrected chi connectivity index (χ1v) is 5.49. The Bertz CT molecular complexity index is 211. The molecule has 4 nitrogen and oxygen atoms in total. The smallest absolute Gasteiger partial charge is 0.333 e. The Kier molecular flexibility index (Phi) is 8.85. The predicted octanol–water partition coefficient (Wildman–Crippen LogP) is 1.79. The van der Waals surface area contributed by atoms with Crippen molar-refractivity contribution in [3.05, 3.63) is 12.2 Å². The van der Waals surface area contributed by atoms with Crippen molar-refractivity contribution in [2.24, 2.45) is 5.92 Å². The van der Waals surface area contributed by atoms with Gasteiger partial charge in [-0.25, -0.2) is 4.79 Å². The lowest BCUT2D eigenvalue weighted by molar-refractivity contribution is -0.140. The van der Waals surface area contributed by atoms with Gasteiger partial charge in [-0.15, -0.1) is 0 Å². The third-order valence-electron chi connectivity index (χ3n) is 1.84. The molecule has 0 unspecified atom stereocenters. The number of hydrogen-bond donors (Lipinski definition) is 0. The first kappa shape index (κ1) is 15.1. The molecule has 0 aliphatic carbocycles. The van der Waals surface area contributed by atoms with E-state index in [1.165, 1.54) is 0 Å². The van der Waals surface area contributed by atoms with Crippen LogP contribution in [0, 0.1) is 5.92 Å². The molecule has 0 aliphatic rings. The molecule has 94 valence electrons. The molecule has 0 aromatic rings. The molecule has 0 bridgehead atoms. The number of rotatable bonds is 9. The van der Waals surface area contributed by atoms with Gasteiger partial charge < -0.3 is 14.2 Å². The molecule has 0 aliphatic heterocycles. The van der Waals surface area contributed by atoms with Gasteiger partial charge in [0.1, 0.15) is 6.61 Å². The first-order chi connectivity index (χ1) is 7.57. The van der Waals surface area contributed by atoms with Crippen molar-refractivity contribution >= 4 is 5.97 Å². The quantitative estimate of drug-likeness (QED) is 0.344. The zero-order valence-electron chi connectivity index (χ0n) is 10.5. The van der Waals surface area contributed by atoms with E-state index in [2.05, 4.69) is 6.58 Å². The summed E-state index contributed by atoms with van der Waals surface area (Å²) >= 11 is 0. The van der Waals surface area contributed by atoms with Crippen LogP contribution in [0.15, 0.2) is 12.2 Å². The molecular weight excluding hydrogens is 208 g/mol. The Morgan fingerprint density at radius 2 is 1.81 bits per heavy atom.